The molecule has 0 aromatic rings. The maximum atomic E-state index is 5.44. The van der Waals surface area contributed by atoms with Crippen molar-refractivity contribution in [1.82, 2.24) is 5.32 Å². The summed E-state index contributed by atoms with van der Waals surface area (Å²) in [5.41, 5.74) is 0. The molecule has 2 heteroatoms. The van der Waals surface area contributed by atoms with Gasteiger partial charge in [-0.05, 0) is 45.4 Å². The van der Waals surface area contributed by atoms with Crippen LogP contribution in [0.3, 0.4) is 0 Å². The van der Waals surface area contributed by atoms with Gasteiger partial charge in [0.1, 0.15) is 0 Å². The highest BCUT2D eigenvalue weighted by molar-refractivity contribution is 4.80. The second-order valence-electron chi connectivity index (χ2n) is 5.55. The van der Waals surface area contributed by atoms with Crippen molar-refractivity contribution in [3.05, 3.63) is 0 Å². The molecular weight excluding hydrogens is 198 g/mol. The highest BCUT2D eigenvalue weighted by Gasteiger charge is 2.24. The van der Waals surface area contributed by atoms with E-state index in [1.165, 1.54) is 25.7 Å². The number of ether oxygens (including phenoxy) is 1. The van der Waals surface area contributed by atoms with E-state index in [0.29, 0.717) is 12.1 Å². The van der Waals surface area contributed by atoms with Gasteiger partial charge in [0, 0.05) is 18.7 Å². The van der Waals surface area contributed by atoms with E-state index in [-0.39, 0.29) is 0 Å². The van der Waals surface area contributed by atoms with E-state index in [1.54, 1.807) is 0 Å². The fourth-order valence-corrected chi connectivity index (χ4v) is 2.86. The van der Waals surface area contributed by atoms with Crippen molar-refractivity contribution < 1.29 is 4.74 Å². The molecule has 16 heavy (non-hydrogen) atoms. The van der Waals surface area contributed by atoms with Crippen LogP contribution in [0, 0.1) is 11.8 Å². The Morgan fingerprint density at radius 2 is 2.06 bits per heavy atom. The Hall–Kier alpha value is -0.0800. The summed E-state index contributed by atoms with van der Waals surface area (Å²) >= 11 is 0. The van der Waals surface area contributed by atoms with E-state index in [2.05, 4.69) is 33.0 Å². The van der Waals surface area contributed by atoms with Crippen molar-refractivity contribution in [3.8, 4) is 0 Å². The summed E-state index contributed by atoms with van der Waals surface area (Å²) in [5.74, 6) is 1.79. The van der Waals surface area contributed by atoms with E-state index in [9.17, 15) is 0 Å². The van der Waals surface area contributed by atoms with Crippen LogP contribution in [-0.2, 0) is 4.74 Å². The lowest BCUT2D eigenvalue weighted by molar-refractivity contribution is 0.116. The number of hydrogen-bond donors (Lipinski definition) is 1. The van der Waals surface area contributed by atoms with Gasteiger partial charge in [-0.1, -0.05) is 19.8 Å². The molecule has 1 rings (SSSR count). The van der Waals surface area contributed by atoms with Gasteiger partial charge < -0.3 is 10.1 Å². The second-order valence-corrected chi connectivity index (χ2v) is 5.55. The van der Waals surface area contributed by atoms with E-state index in [1.807, 2.05) is 0 Å². The van der Waals surface area contributed by atoms with E-state index in [4.69, 9.17) is 4.74 Å². The molecule has 4 unspecified atom stereocenters. The van der Waals surface area contributed by atoms with Gasteiger partial charge in [0.25, 0.3) is 0 Å². The molecule has 1 saturated carbocycles. The van der Waals surface area contributed by atoms with Crippen LogP contribution in [0.2, 0.25) is 0 Å². The topological polar surface area (TPSA) is 21.3 Å². The molecule has 1 fully saturated rings. The zero-order chi connectivity index (χ0) is 12.0. The molecule has 0 heterocycles. The zero-order valence-corrected chi connectivity index (χ0v) is 11.5. The van der Waals surface area contributed by atoms with Crippen molar-refractivity contribution >= 4 is 0 Å². The quantitative estimate of drug-likeness (QED) is 0.752. The van der Waals surface area contributed by atoms with Crippen LogP contribution in [0.4, 0.5) is 0 Å². The van der Waals surface area contributed by atoms with Gasteiger partial charge in [-0.2, -0.15) is 0 Å². The van der Waals surface area contributed by atoms with Crippen molar-refractivity contribution in [2.75, 3.05) is 13.2 Å². The van der Waals surface area contributed by atoms with Crippen molar-refractivity contribution in [1.29, 1.82) is 0 Å². The lowest BCUT2D eigenvalue weighted by atomic mass is 9.79. The number of rotatable bonds is 6. The number of hydrogen-bond acceptors (Lipinski definition) is 2. The molecular formula is C14H29NO. The van der Waals surface area contributed by atoms with Gasteiger partial charge in [-0.3, -0.25) is 0 Å². The summed E-state index contributed by atoms with van der Waals surface area (Å²) < 4.78 is 5.44. The Labute approximate surface area is 101 Å². The monoisotopic (exact) mass is 227 g/mol. The Bertz CT molecular complexity index is 184. The first-order chi connectivity index (χ1) is 7.63. The minimum Gasteiger partial charge on any atom is -0.380 e. The molecule has 1 aliphatic carbocycles. The molecule has 0 aliphatic heterocycles. The standard InChI is InChI=1S/C14H29NO/c1-5-16-10-12(3)15-13(4)14-8-6-7-11(2)9-14/h11-15H,5-10H2,1-4H3. The lowest BCUT2D eigenvalue weighted by Crippen LogP contribution is -2.43. The molecule has 0 radical (unpaired) electrons. The molecule has 0 bridgehead atoms. The molecule has 0 amide bonds. The Morgan fingerprint density at radius 3 is 2.69 bits per heavy atom. The highest BCUT2D eigenvalue weighted by Crippen LogP contribution is 2.30. The molecule has 4 atom stereocenters. The first kappa shape index (κ1) is 14.0. The Morgan fingerprint density at radius 1 is 1.31 bits per heavy atom. The van der Waals surface area contributed by atoms with Crippen LogP contribution >= 0.6 is 0 Å². The summed E-state index contributed by atoms with van der Waals surface area (Å²) in [5, 5.41) is 3.68. The molecule has 0 aromatic heterocycles. The van der Waals surface area contributed by atoms with Crippen LogP contribution in [0.25, 0.3) is 0 Å². The molecule has 1 aliphatic rings. The van der Waals surface area contributed by atoms with Gasteiger partial charge in [0.15, 0.2) is 0 Å². The molecule has 0 saturated heterocycles. The Kier molecular flexibility index (Phi) is 6.37. The predicted octanol–water partition coefficient (Wildman–Crippen LogP) is 3.22. The largest absolute Gasteiger partial charge is 0.380 e. The first-order valence-corrected chi connectivity index (χ1v) is 6.97. The molecule has 2 nitrogen and oxygen atoms in total. The maximum Gasteiger partial charge on any atom is 0.0616 e. The average molecular weight is 227 g/mol. The average Bonchev–Trinajstić information content (AvgIpc) is 2.26. The summed E-state index contributed by atoms with van der Waals surface area (Å²) in [4.78, 5) is 0. The second kappa shape index (κ2) is 7.29. The fraction of sp³-hybridized carbons (Fsp3) is 1.00. The predicted molar refractivity (Wildman–Crippen MR) is 69.7 cm³/mol. The van der Waals surface area contributed by atoms with E-state index >= 15 is 0 Å². The first-order valence-electron chi connectivity index (χ1n) is 6.97. The van der Waals surface area contributed by atoms with Gasteiger partial charge in [0.2, 0.25) is 0 Å². The maximum absolute atomic E-state index is 5.44. The van der Waals surface area contributed by atoms with E-state index < -0.39 is 0 Å². The smallest absolute Gasteiger partial charge is 0.0616 e. The third-order valence-corrected chi connectivity index (χ3v) is 3.80. The molecule has 0 aromatic carbocycles. The third kappa shape index (κ3) is 4.84. The minimum atomic E-state index is 0.479. The van der Waals surface area contributed by atoms with Gasteiger partial charge in [0.05, 0.1) is 6.61 Å². The Balaban J connectivity index is 2.24. The fourth-order valence-electron chi connectivity index (χ4n) is 2.86. The zero-order valence-electron chi connectivity index (χ0n) is 11.5. The van der Waals surface area contributed by atoms with Crippen molar-refractivity contribution in [2.45, 2.75) is 65.5 Å². The van der Waals surface area contributed by atoms with Crippen LogP contribution in [0.15, 0.2) is 0 Å². The summed E-state index contributed by atoms with van der Waals surface area (Å²) in [7, 11) is 0. The van der Waals surface area contributed by atoms with Crippen molar-refractivity contribution in [2.24, 2.45) is 11.8 Å². The molecule has 0 spiro atoms. The summed E-state index contributed by atoms with van der Waals surface area (Å²) in [6.07, 6.45) is 5.64. The summed E-state index contributed by atoms with van der Waals surface area (Å²) in [6.45, 7) is 10.7. The minimum absolute atomic E-state index is 0.479. The van der Waals surface area contributed by atoms with Gasteiger partial charge >= 0.3 is 0 Å². The molecule has 96 valence electrons. The summed E-state index contributed by atoms with van der Waals surface area (Å²) in [6, 6.07) is 1.12. The SMILES string of the molecule is CCOCC(C)NC(C)C1CCCC(C)C1. The lowest BCUT2D eigenvalue weighted by Gasteiger charge is -2.33. The van der Waals surface area contributed by atoms with Crippen molar-refractivity contribution in [3.63, 3.8) is 0 Å². The van der Waals surface area contributed by atoms with Crippen LogP contribution < -0.4 is 5.32 Å². The normalized spacial score (nSPS) is 30.0. The highest BCUT2D eigenvalue weighted by atomic mass is 16.5. The molecule has 1 N–H and O–H groups in total. The number of nitrogens with one attached hydrogen (secondary N) is 1. The third-order valence-electron chi connectivity index (χ3n) is 3.80. The van der Waals surface area contributed by atoms with Crippen LogP contribution in [0.1, 0.15) is 53.4 Å². The van der Waals surface area contributed by atoms with Gasteiger partial charge in [-0.15, -0.1) is 0 Å². The van der Waals surface area contributed by atoms with Gasteiger partial charge in [-0.25, -0.2) is 0 Å². The van der Waals surface area contributed by atoms with Crippen LogP contribution in [0.5, 0.6) is 0 Å². The van der Waals surface area contributed by atoms with Crippen LogP contribution in [-0.4, -0.2) is 25.3 Å². The van der Waals surface area contributed by atoms with E-state index in [0.717, 1.165) is 25.0 Å².